The van der Waals surface area contributed by atoms with Gasteiger partial charge in [0.05, 0.1) is 5.60 Å². The van der Waals surface area contributed by atoms with E-state index in [1.54, 1.807) is 0 Å². The van der Waals surface area contributed by atoms with Crippen LogP contribution in [0.1, 0.15) is 37.4 Å². The third-order valence-electron chi connectivity index (χ3n) is 3.92. The Balaban J connectivity index is 1.71. The van der Waals surface area contributed by atoms with Gasteiger partial charge in [-0.05, 0) is 37.3 Å². The normalized spacial score (nSPS) is 21.2. The fourth-order valence-corrected chi connectivity index (χ4v) is 3.03. The number of pyridine rings is 1. The van der Waals surface area contributed by atoms with Gasteiger partial charge in [0.15, 0.2) is 0 Å². The van der Waals surface area contributed by atoms with Crippen LogP contribution in [0.2, 0.25) is 0 Å². The smallest absolute Gasteiger partial charge is 0.129 e. The van der Waals surface area contributed by atoms with Gasteiger partial charge in [-0.15, -0.1) is 0 Å². The Kier molecular flexibility index (Phi) is 2.58. The summed E-state index contributed by atoms with van der Waals surface area (Å²) in [6, 6.07) is 4.32. The number of aliphatic hydroxyl groups is 1. The lowest BCUT2D eigenvalue weighted by Crippen LogP contribution is -2.62. The standard InChI is InChI=1S/C14H20N2O/c1-2-8-14(17)9-16(10-14)13-7-6-11-4-3-5-12(11)15-13/h6-7,17H,2-5,8-10H2,1H3. The summed E-state index contributed by atoms with van der Waals surface area (Å²) in [5, 5.41) is 10.2. The van der Waals surface area contributed by atoms with Crippen LogP contribution in [-0.2, 0) is 12.8 Å². The highest BCUT2D eigenvalue weighted by Gasteiger charge is 2.40. The number of nitrogens with zero attached hydrogens (tertiary/aromatic N) is 2. The van der Waals surface area contributed by atoms with E-state index in [0.29, 0.717) is 0 Å². The summed E-state index contributed by atoms with van der Waals surface area (Å²) in [5.41, 5.74) is 2.22. The Morgan fingerprint density at radius 1 is 1.35 bits per heavy atom. The molecule has 0 atom stereocenters. The zero-order valence-corrected chi connectivity index (χ0v) is 10.4. The molecular weight excluding hydrogens is 212 g/mol. The van der Waals surface area contributed by atoms with Crippen molar-refractivity contribution in [3.05, 3.63) is 23.4 Å². The SMILES string of the molecule is CCCC1(O)CN(c2ccc3c(n2)CCC3)C1. The van der Waals surface area contributed by atoms with E-state index >= 15 is 0 Å². The maximum atomic E-state index is 10.2. The molecule has 17 heavy (non-hydrogen) atoms. The molecule has 2 heterocycles. The Morgan fingerprint density at radius 2 is 2.18 bits per heavy atom. The van der Waals surface area contributed by atoms with Gasteiger partial charge in [0.2, 0.25) is 0 Å². The van der Waals surface area contributed by atoms with E-state index in [0.717, 1.165) is 38.2 Å². The van der Waals surface area contributed by atoms with Crippen molar-refractivity contribution in [2.24, 2.45) is 0 Å². The molecule has 1 aliphatic carbocycles. The highest BCUT2D eigenvalue weighted by atomic mass is 16.3. The second kappa shape index (κ2) is 3.98. The molecule has 1 fully saturated rings. The van der Waals surface area contributed by atoms with Gasteiger partial charge in [-0.25, -0.2) is 4.98 Å². The second-order valence-corrected chi connectivity index (χ2v) is 5.46. The molecule has 1 aromatic rings. The number of rotatable bonds is 3. The molecule has 1 aliphatic heterocycles. The highest BCUT2D eigenvalue weighted by Crippen LogP contribution is 2.31. The molecule has 0 aromatic carbocycles. The fraction of sp³-hybridized carbons (Fsp3) is 0.643. The summed E-state index contributed by atoms with van der Waals surface area (Å²) < 4.78 is 0. The van der Waals surface area contributed by atoms with E-state index in [1.807, 2.05) is 0 Å². The van der Waals surface area contributed by atoms with Gasteiger partial charge in [0.25, 0.3) is 0 Å². The van der Waals surface area contributed by atoms with Gasteiger partial charge in [0.1, 0.15) is 5.82 Å². The van der Waals surface area contributed by atoms with E-state index in [2.05, 4.69) is 24.0 Å². The first-order valence-electron chi connectivity index (χ1n) is 6.66. The van der Waals surface area contributed by atoms with Crippen LogP contribution in [-0.4, -0.2) is 28.8 Å². The predicted molar refractivity (Wildman–Crippen MR) is 68.3 cm³/mol. The summed E-state index contributed by atoms with van der Waals surface area (Å²) in [5.74, 6) is 1.05. The summed E-state index contributed by atoms with van der Waals surface area (Å²) in [4.78, 5) is 6.90. The molecule has 1 aromatic heterocycles. The van der Waals surface area contributed by atoms with E-state index in [4.69, 9.17) is 4.98 Å². The molecule has 92 valence electrons. The van der Waals surface area contributed by atoms with Crippen LogP contribution in [0.4, 0.5) is 5.82 Å². The number of anilines is 1. The van der Waals surface area contributed by atoms with Gasteiger partial charge in [-0.3, -0.25) is 0 Å². The molecule has 0 bridgehead atoms. The van der Waals surface area contributed by atoms with Crippen molar-refractivity contribution in [3.63, 3.8) is 0 Å². The average molecular weight is 232 g/mol. The lowest BCUT2D eigenvalue weighted by atomic mass is 9.89. The largest absolute Gasteiger partial charge is 0.386 e. The topological polar surface area (TPSA) is 36.4 Å². The average Bonchev–Trinajstić information content (AvgIpc) is 2.72. The highest BCUT2D eigenvalue weighted by molar-refractivity contribution is 5.47. The summed E-state index contributed by atoms with van der Waals surface area (Å²) in [7, 11) is 0. The van der Waals surface area contributed by atoms with Crippen LogP contribution in [0.25, 0.3) is 0 Å². The minimum Gasteiger partial charge on any atom is -0.386 e. The zero-order valence-electron chi connectivity index (χ0n) is 10.4. The van der Waals surface area contributed by atoms with Crippen LogP contribution in [0.15, 0.2) is 12.1 Å². The van der Waals surface area contributed by atoms with Crippen molar-refractivity contribution in [2.45, 2.75) is 44.6 Å². The Labute approximate surface area is 102 Å². The molecule has 3 heteroatoms. The van der Waals surface area contributed by atoms with Gasteiger partial charge < -0.3 is 10.0 Å². The van der Waals surface area contributed by atoms with E-state index < -0.39 is 5.60 Å². The number of aryl methyl sites for hydroxylation is 2. The Morgan fingerprint density at radius 3 is 2.94 bits per heavy atom. The first-order chi connectivity index (χ1) is 8.20. The van der Waals surface area contributed by atoms with Gasteiger partial charge in [-0.2, -0.15) is 0 Å². The first kappa shape index (κ1) is 11.0. The number of aromatic nitrogens is 1. The van der Waals surface area contributed by atoms with E-state index in [9.17, 15) is 5.11 Å². The van der Waals surface area contributed by atoms with E-state index in [1.165, 1.54) is 24.1 Å². The monoisotopic (exact) mass is 232 g/mol. The van der Waals surface area contributed by atoms with Crippen LogP contribution in [0, 0.1) is 0 Å². The molecule has 3 nitrogen and oxygen atoms in total. The van der Waals surface area contributed by atoms with Crippen molar-refractivity contribution >= 4 is 5.82 Å². The molecule has 0 radical (unpaired) electrons. The maximum absolute atomic E-state index is 10.2. The molecule has 1 N–H and O–H groups in total. The predicted octanol–water partition coefficient (Wildman–Crippen LogP) is 1.92. The molecule has 0 amide bonds. The molecule has 0 unspecified atom stereocenters. The lowest BCUT2D eigenvalue weighted by Gasteiger charge is -2.47. The Bertz CT molecular complexity index is 424. The number of hydrogen-bond acceptors (Lipinski definition) is 3. The number of fused-ring (bicyclic) bond motifs is 1. The van der Waals surface area contributed by atoms with Crippen molar-refractivity contribution in [1.29, 1.82) is 0 Å². The van der Waals surface area contributed by atoms with Crippen LogP contribution in [0.5, 0.6) is 0 Å². The van der Waals surface area contributed by atoms with Gasteiger partial charge in [0, 0.05) is 18.8 Å². The summed E-state index contributed by atoms with van der Waals surface area (Å²) >= 11 is 0. The quantitative estimate of drug-likeness (QED) is 0.865. The molecule has 0 spiro atoms. The third kappa shape index (κ3) is 1.93. The fourth-order valence-electron chi connectivity index (χ4n) is 3.03. The maximum Gasteiger partial charge on any atom is 0.129 e. The molecule has 3 rings (SSSR count). The van der Waals surface area contributed by atoms with Crippen LogP contribution in [0.3, 0.4) is 0 Å². The molecule has 2 aliphatic rings. The Hall–Kier alpha value is -1.09. The van der Waals surface area contributed by atoms with Crippen molar-refractivity contribution in [2.75, 3.05) is 18.0 Å². The number of hydrogen-bond donors (Lipinski definition) is 1. The van der Waals surface area contributed by atoms with Crippen LogP contribution >= 0.6 is 0 Å². The zero-order chi connectivity index (χ0) is 11.9. The minimum absolute atomic E-state index is 0.463. The molecule has 1 saturated heterocycles. The van der Waals surface area contributed by atoms with Crippen LogP contribution < -0.4 is 4.90 Å². The first-order valence-corrected chi connectivity index (χ1v) is 6.66. The van der Waals surface area contributed by atoms with Crippen molar-refractivity contribution in [3.8, 4) is 0 Å². The van der Waals surface area contributed by atoms with Gasteiger partial charge >= 0.3 is 0 Å². The second-order valence-electron chi connectivity index (χ2n) is 5.46. The number of β-amino-alcohol motifs (C(OH)–C–C–N with tert-alkyl or cyclic N) is 1. The molecule has 0 saturated carbocycles. The van der Waals surface area contributed by atoms with Gasteiger partial charge in [-0.1, -0.05) is 19.4 Å². The summed E-state index contributed by atoms with van der Waals surface area (Å²) in [6.45, 7) is 3.60. The van der Waals surface area contributed by atoms with Crippen molar-refractivity contribution < 1.29 is 5.11 Å². The minimum atomic E-state index is -0.463. The van der Waals surface area contributed by atoms with Crippen molar-refractivity contribution in [1.82, 2.24) is 4.98 Å². The lowest BCUT2D eigenvalue weighted by molar-refractivity contribution is 0.00293. The van der Waals surface area contributed by atoms with E-state index in [-0.39, 0.29) is 0 Å². The molecular formula is C14H20N2O. The summed E-state index contributed by atoms with van der Waals surface area (Å²) in [6.07, 6.45) is 5.49. The third-order valence-corrected chi connectivity index (χ3v) is 3.92.